The lowest BCUT2D eigenvalue weighted by atomic mass is 9.44. The lowest BCUT2D eigenvalue weighted by Crippen LogP contribution is -2.56. The minimum absolute atomic E-state index is 0.0232. The summed E-state index contributed by atoms with van der Waals surface area (Å²) in [5.74, 6) is 1.79. The van der Waals surface area contributed by atoms with E-state index in [1.54, 1.807) is 0 Å². The number of aromatic amines is 2. The molecule has 0 spiro atoms. The van der Waals surface area contributed by atoms with Gasteiger partial charge in [-0.2, -0.15) is 0 Å². The van der Waals surface area contributed by atoms with Crippen LogP contribution in [0.3, 0.4) is 0 Å². The minimum Gasteiger partial charge on any atom is -0.390 e. The summed E-state index contributed by atoms with van der Waals surface area (Å²) in [5.41, 5.74) is 0.0314. The topological polar surface area (TPSA) is 68.9 Å². The molecule has 0 aliphatic heterocycles. The molecule has 0 saturated heterocycles. The van der Waals surface area contributed by atoms with Crippen LogP contribution in [0.5, 0.6) is 0 Å². The van der Waals surface area contributed by atoms with E-state index >= 15 is 0 Å². The number of H-pyrrole nitrogens is 2. The van der Waals surface area contributed by atoms with Crippen molar-refractivity contribution in [3.05, 3.63) is 21.6 Å². The number of rotatable bonds is 0. The number of aromatic nitrogens is 2. The Morgan fingerprint density at radius 2 is 1.92 bits per heavy atom. The third-order valence-electron chi connectivity index (χ3n) is 9.19. The molecule has 1 aromatic heterocycles. The second-order valence-corrected chi connectivity index (χ2v) is 9.93. The molecule has 138 valence electrons. The summed E-state index contributed by atoms with van der Waals surface area (Å²) in [7, 11) is 0. The van der Waals surface area contributed by atoms with Crippen LogP contribution >= 0.6 is 0 Å². The van der Waals surface area contributed by atoms with E-state index in [1.807, 2.05) is 6.92 Å². The third kappa shape index (κ3) is 1.90. The first-order valence-electron chi connectivity index (χ1n) is 11.5. The highest BCUT2D eigenvalue weighted by Gasteiger charge is 2.63. The van der Waals surface area contributed by atoms with Crippen molar-refractivity contribution in [1.29, 1.82) is 0 Å². The lowest BCUT2D eigenvalue weighted by molar-refractivity contribution is -0.139. The fraction of sp³-hybridized carbons (Fsp3) is 0.857. The summed E-state index contributed by atoms with van der Waals surface area (Å²) in [6, 6.07) is 0. The van der Waals surface area contributed by atoms with Crippen molar-refractivity contribution in [3.8, 4) is 0 Å². The fourth-order valence-corrected chi connectivity index (χ4v) is 7.57. The second-order valence-electron chi connectivity index (χ2n) is 9.93. The molecule has 7 atom stereocenters. The van der Waals surface area contributed by atoms with Crippen LogP contribution in [0.25, 0.3) is 0 Å². The predicted octanol–water partition coefficient (Wildman–Crippen LogP) is 3.41. The van der Waals surface area contributed by atoms with Crippen molar-refractivity contribution < 1.29 is 9.22 Å². The molecule has 4 heteroatoms. The van der Waals surface area contributed by atoms with Crippen LogP contribution in [-0.2, 0) is 12.8 Å². The Hall–Kier alpha value is -1.03. The molecule has 0 amide bonds. The Labute approximate surface area is 154 Å². The van der Waals surface area contributed by atoms with Gasteiger partial charge in [0, 0.05) is 15.4 Å². The zero-order chi connectivity index (χ0) is 20.1. The molecule has 25 heavy (non-hydrogen) atoms. The SMILES string of the molecule is [2H]C([2H])([2H])[C@]1(O)CCC2C3CC[C@H]4Cc5[nH][nH]c(=O)c5C[C@]4(C)C3CC[C@@]21C. The Kier molecular flexibility index (Phi) is 2.54. The standard InChI is InChI=1S/C21H32N2O2/c1-19-11-14-17(22-23-18(14)24)10-12(19)4-5-13-15(19)6-8-20(2)16(13)7-9-21(20,3)25/h12-13,15-16,25H,4-11H2,1-3H3,(H2,22,23,24)/t12-,13?,15?,16?,19-,20-,21-/m0/s1/i3D3. The predicted molar refractivity (Wildman–Crippen MR) is 97.3 cm³/mol. The maximum atomic E-state index is 12.3. The van der Waals surface area contributed by atoms with Crippen molar-refractivity contribution >= 4 is 0 Å². The van der Waals surface area contributed by atoms with Crippen molar-refractivity contribution in [3.63, 3.8) is 0 Å². The maximum Gasteiger partial charge on any atom is 0.267 e. The zero-order valence-corrected chi connectivity index (χ0v) is 15.3. The normalized spacial score (nSPS) is 53.6. The van der Waals surface area contributed by atoms with E-state index in [-0.39, 0.29) is 16.9 Å². The summed E-state index contributed by atoms with van der Waals surface area (Å²) in [5, 5.41) is 17.2. The monoisotopic (exact) mass is 347 g/mol. The number of hydrogen-bond acceptors (Lipinski definition) is 2. The van der Waals surface area contributed by atoms with Gasteiger partial charge in [0.2, 0.25) is 0 Å². The van der Waals surface area contributed by atoms with Gasteiger partial charge in [0.05, 0.1) is 5.60 Å². The molecule has 3 N–H and O–H groups in total. The van der Waals surface area contributed by atoms with E-state index < -0.39 is 17.9 Å². The van der Waals surface area contributed by atoms with Crippen LogP contribution in [0.4, 0.5) is 0 Å². The molecule has 1 aromatic rings. The smallest absolute Gasteiger partial charge is 0.267 e. The van der Waals surface area contributed by atoms with Crippen LogP contribution in [-0.4, -0.2) is 20.9 Å². The molecule has 3 unspecified atom stereocenters. The first-order valence-corrected chi connectivity index (χ1v) is 10.0. The molecule has 4 aliphatic rings. The Balaban J connectivity index is 1.51. The molecular weight excluding hydrogens is 312 g/mol. The highest BCUT2D eigenvalue weighted by Crippen LogP contribution is 2.67. The molecule has 3 fully saturated rings. The van der Waals surface area contributed by atoms with Crippen molar-refractivity contribution in [2.24, 2.45) is 34.5 Å². The second kappa shape index (κ2) is 4.82. The zero-order valence-electron chi connectivity index (χ0n) is 18.3. The average Bonchev–Trinajstić information content (AvgIpc) is 3.10. The fourth-order valence-electron chi connectivity index (χ4n) is 7.57. The molecule has 0 bridgehead atoms. The van der Waals surface area contributed by atoms with Crippen molar-refractivity contribution in [2.75, 3.05) is 0 Å². The maximum absolute atomic E-state index is 12.3. The number of hydrogen-bond donors (Lipinski definition) is 3. The summed E-state index contributed by atoms with van der Waals surface area (Å²) in [6.07, 6.45) is 6.93. The third-order valence-corrected chi connectivity index (χ3v) is 9.19. The first-order chi connectivity index (χ1) is 13.0. The van der Waals surface area contributed by atoms with Crippen LogP contribution < -0.4 is 5.56 Å². The Morgan fingerprint density at radius 3 is 2.72 bits per heavy atom. The van der Waals surface area contributed by atoms with E-state index in [4.69, 9.17) is 4.11 Å². The van der Waals surface area contributed by atoms with Gasteiger partial charge in [-0.1, -0.05) is 13.8 Å². The Bertz CT molecular complexity index is 861. The van der Waals surface area contributed by atoms with Crippen LogP contribution in [0.15, 0.2) is 4.79 Å². The van der Waals surface area contributed by atoms with Gasteiger partial charge < -0.3 is 10.2 Å². The lowest BCUT2D eigenvalue weighted by Gasteiger charge is -2.60. The number of nitrogens with one attached hydrogen (secondary N) is 2. The molecule has 5 rings (SSSR count). The molecule has 3 saturated carbocycles. The van der Waals surface area contributed by atoms with Gasteiger partial charge in [0.25, 0.3) is 5.56 Å². The van der Waals surface area contributed by atoms with Gasteiger partial charge in [-0.15, -0.1) is 0 Å². The van der Waals surface area contributed by atoms with Crippen LogP contribution in [0.2, 0.25) is 0 Å². The molecule has 4 nitrogen and oxygen atoms in total. The molecular formula is C21H32N2O2. The molecule has 1 heterocycles. The summed E-state index contributed by atoms with van der Waals surface area (Å²) in [4.78, 5) is 12.3. The quantitative estimate of drug-likeness (QED) is 0.673. The molecule has 0 aromatic carbocycles. The largest absolute Gasteiger partial charge is 0.390 e. The minimum atomic E-state index is -2.33. The summed E-state index contributed by atoms with van der Waals surface area (Å²) >= 11 is 0. The van der Waals surface area contributed by atoms with E-state index in [1.165, 1.54) is 0 Å². The molecule has 0 radical (unpaired) electrons. The number of fused-ring (bicyclic) bond motifs is 6. The van der Waals surface area contributed by atoms with Gasteiger partial charge in [-0.05, 0) is 92.7 Å². The Morgan fingerprint density at radius 1 is 1.12 bits per heavy atom. The van der Waals surface area contributed by atoms with Crippen LogP contribution in [0.1, 0.15) is 74.6 Å². The van der Waals surface area contributed by atoms with Crippen molar-refractivity contribution in [2.45, 2.75) is 77.7 Å². The number of aliphatic hydroxyl groups is 1. The van der Waals surface area contributed by atoms with E-state index in [2.05, 4.69) is 17.1 Å². The highest BCUT2D eigenvalue weighted by molar-refractivity contribution is 5.26. The summed E-state index contributed by atoms with van der Waals surface area (Å²) in [6.45, 7) is 2.08. The van der Waals surface area contributed by atoms with E-state index in [9.17, 15) is 9.90 Å². The van der Waals surface area contributed by atoms with Gasteiger partial charge in [0.15, 0.2) is 0 Å². The van der Waals surface area contributed by atoms with Crippen LogP contribution in [0, 0.1) is 34.5 Å². The highest BCUT2D eigenvalue weighted by atomic mass is 16.3. The van der Waals surface area contributed by atoms with Gasteiger partial charge in [-0.25, -0.2) is 0 Å². The van der Waals surface area contributed by atoms with Crippen molar-refractivity contribution in [1.82, 2.24) is 10.2 Å². The van der Waals surface area contributed by atoms with Gasteiger partial charge >= 0.3 is 0 Å². The van der Waals surface area contributed by atoms with E-state index in [0.717, 1.165) is 56.2 Å². The average molecular weight is 348 g/mol. The van der Waals surface area contributed by atoms with E-state index in [0.29, 0.717) is 24.2 Å². The molecule has 4 aliphatic carbocycles. The van der Waals surface area contributed by atoms with Gasteiger partial charge in [-0.3, -0.25) is 9.89 Å². The van der Waals surface area contributed by atoms with Gasteiger partial charge in [0.1, 0.15) is 0 Å². The summed E-state index contributed by atoms with van der Waals surface area (Å²) < 4.78 is 24.1. The first kappa shape index (κ1) is 13.2.